The summed E-state index contributed by atoms with van der Waals surface area (Å²) in [6, 6.07) is 7.07. The van der Waals surface area contributed by atoms with Crippen LogP contribution in [0.1, 0.15) is 29.3 Å². The summed E-state index contributed by atoms with van der Waals surface area (Å²) in [5.41, 5.74) is 0.406. The molecular weight excluding hydrogens is 314 g/mol. The third-order valence-electron chi connectivity index (χ3n) is 3.44. The number of aromatic amines is 1. The van der Waals surface area contributed by atoms with Gasteiger partial charge in [0.15, 0.2) is 0 Å². The van der Waals surface area contributed by atoms with Crippen LogP contribution in [0, 0.1) is 0 Å². The Kier molecular flexibility index (Phi) is 4.16. The van der Waals surface area contributed by atoms with Crippen molar-refractivity contribution in [2.45, 2.75) is 26.4 Å². The van der Waals surface area contributed by atoms with Crippen molar-refractivity contribution in [3.05, 3.63) is 51.5 Å². The van der Waals surface area contributed by atoms with E-state index in [0.29, 0.717) is 21.6 Å². The summed E-state index contributed by atoms with van der Waals surface area (Å²) < 4.78 is 3.72. The molecule has 0 fully saturated rings. The van der Waals surface area contributed by atoms with E-state index in [1.54, 1.807) is 23.1 Å². The first-order valence-corrected chi connectivity index (χ1v) is 7.90. The molecule has 1 aromatic carbocycles. The third-order valence-corrected chi connectivity index (χ3v) is 4.09. The van der Waals surface area contributed by atoms with Crippen LogP contribution < -0.4 is 5.56 Å². The highest BCUT2D eigenvalue weighted by atomic mass is 32.1. The number of benzene rings is 1. The first kappa shape index (κ1) is 15.3. The van der Waals surface area contributed by atoms with E-state index in [2.05, 4.69) is 19.6 Å². The number of hydrogen-bond acceptors (Lipinski definition) is 6. The summed E-state index contributed by atoms with van der Waals surface area (Å²) in [6.07, 6.45) is 1.44. The second-order valence-electron chi connectivity index (χ2n) is 5.34. The highest BCUT2D eigenvalue weighted by Crippen LogP contribution is 2.14. The monoisotopic (exact) mass is 329 g/mol. The SMILES string of the molecule is CC(C)N(Cc1nc2ccccc2c(=O)[nH]1)C(=O)c1cnns1. The van der Waals surface area contributed by atoms with Gasteiger partial charge in [-0.05, 0) is 37.5 Å². The zero-order valence-electron chi connectivity index (χ0n) is 12.7. The number of fused-ring (bicyclic) bond motifs is 1. The Balaban J connectivity index is 1.95. The van der Waals surface area contributed by atoms with Gasteiger partial charge in [-0.15, -0.1) is 5.10 Å². The molecular formula is C15H15N5O2S. The van der Waals surface area contributed by atoms with E-state index < -0.39 is 0 Å². The van der Waals surface area contributed by atoms with Gasteiger partial charge >= 0.3 is 0 Å². The lowest BCUT2D eigenvalue weighted by molar-refractivity contribution is 0.0690. The van der Waals surface area contributed by atoms with Gasteiger partial charge in [0.2, 0.25) is 0 Å². The molecule has 7 nitrogen and oxygen atoms in total. The van der Waals surface area contributed by atoms with Gasteiger partial charge in [-0.3, -0.25) is 9.59 Å². The largest absolute Gasteiger partial charge is 0.328 e. The van der Waals surface area contributed by atoms with E-state index in [-0.39, 0.29) is 24.1 Å². The van der Waals surface area contributed by atoms with E-state index in [1.165, 1.54) is 6.20 Å². The maximum absolute atomic E-state index is 12.5. The Hall–Kier alpha value is -2.61. The number of H-pyrrole nitrogens is 1. The van der Waals surface area contributed by atoms with Crippen LogP contribution in [-0.2, 0) is 6.54 Å². The lowest BCUT2D eigenvalue weighted by Crippen LogP contribution is -2.37. The normalized spacial score (nSPS) is 11.1. The minimum Gasteiger partial charge on any atom is -0.328 e. The second kappa shape index (κ2) is 6.25. The molecule has 0 radical (unpaired) electrons. The molecule has 23 heavy (non-hydrogen) atoms. The standard InChI is InChI=1S/C15H15N5O2S/c1-9(2)20(15(22)12-7-16-19-23-12)8-13-17-11-6-4-3-5-10(11)14(21)18-13/h3-7,9H,8H2,1-2H3,(H,17,18,21). The van der Waals surface area contributed by atoms with Crippen molar-refractivity contribution < 1.29 is 4.79 Å². The van der Waals surface area contributed by atoms with E-state index in [0.717, 1.165) is 11.5 Å². The minimum atomic E-state index is -0.207. The molecule has 0 aliphatic heterocycles. The highest BCUT2D eigenvalue weighted by Gasteiger charge is 2.22. The molecule has 0 aliphatic carbocycles. The van der Waals surface area contributed by atoms with Gasteiger partial charge in [0.1, 0.15) is 10.7 Å². The third kappa shape index (κ3) is 3.11. The quantitative estimate of drug-likeness (QED) is 0.788. The van der Waals surface area contributed by atoms with Crippen molar-refractivity contribution in [2.24, 2.45) is 0 Å². The molecule has 2 heterocycles. The maximum Gasteiger partial charge on any atom is 0.267 e. The molecule has 0 saturated heterocycles. The molecule has 1 amide bonds. The zero-order chi connectivity index (χ0) is 16.4. The van der Waals surface area contributed by atoms with Crippen LogP contribution in [0.15, 0.2) is 35.3 Å². The Morgan fingerprint density at radius 3 is 2.83 bits per heavy atom. The Bertz CT molecular complexity index is 888. The summed E-state index contributed by atoms with van der Waals surface area (Å²) in [4.78, 5) is 33.9. The number of carbonyl (C=O) groups excluding carboxylic acids is 1. The fraction of sp³-hybridized carbons (Fsp3) is 0.267. The summed E-state index contributed by atoms with van der Waals surface area (Å²) in [5.74, 6) is 0.277. The number of para-hydroxylation sites is 1. The first-order chi connectivity index (χ1) is 11.1. The zero-order valence-corrected chi connectivity index (χ0v) is 13.5. The van der Waals surface area contributed by atoms with Gasteiger partial charge in [-0.25, -0.2) is 4.98 Å². The van der Waals surface area contributed by atoms with Gasteiger partial charge < -0.3 is 9.88 Å². The average molecular weight is 329 g/mol. The van der Waals surface area contributed by atoms with Crippen molar-refractivity contribution in [3.8, 4) is 0 Å². The summed E-state index contributed by atoms with van der Waals surface area (Å²) >= 11 is 1.05. The first-order valence-electron chi connectivity index (χ1n) is 7.12. The van der Waals surface area contributed by atoms with Crippen molar-refractivity contribution in [1.29, 1.82) is 0 Å². The van der Waals surface area contributed by atoms with Crippen LogP contribution >= 0.6 is 11.5 Å². The topological polar surface area (TPSA) is 91.8 Å². The van der Waals surface area contributed by atoms with E-state index in [9.17, 15) is 9.59 Å². The number of hydrogen-bond donors (Lipinski definition) is 1. The molecule has 0 atom stereocenters. The number of nitrogens with one attached hydrogen (secondary N) is 1. The molecule has 0 unspecified atom stereocenters. The second-order valence-corrected chi connectivity index (χ2v) is 6.12. The van der Waals surface area contributed by atoms with Crippen LogP contribution in [-0.4, -0.2) is 36.4 Å². The number of rotatable bonds is 4. The molecule has 8 heteroatoms. The summed E-state index contributed by atoms with van der Waals surface area (Å²) in [6.45, 7) is 4.03. The van der Waals surface area contributed by atoms with Crippen molar-refractivity contribution >= 4 is 28.3 Å². The van der Waals surface area contributed by atoms with Gasteiger partial charge in [0.25, 0.3) is 11.5 Å². The van der Waals surface area contributed by atoms with Gasteiger partial charge in [0, 0.05) is 6.04 Å². The Morgan fingerprint density at radius 1 is 1.35 bits per heavy atom. The summed E-state index contributed by atoms with van der Waals surface area (Å²) in [7, 11) is 0. The molecule has 3 rings (SSSR count). The Morgan fingerprint density at radius 2 is 2.13 bits per heavy atom. The molecule has 2 aromatic heterocycles. The van der Waals surface area contributed by atoms with Gasteiger partial charge in [-0.2, -0.15) is 0 Å². The van der Waals surface area contributed by atoms with E-state index in [4.69, 9.17) is 0 Å². The number of carbonyl (C=O) groups is 1. The van der Waals surface area contributed by atoms with Crippen molar-refractivity contribution in [1.82, 2.24) is 24.5 Å². The molecule has 3 aromatic rings. The summed E-state index contributed by atoms with van der Waals surface area (Å²) in [5, 5.41) is 4.23. The lowest BCUT2D eigenvalue weighted by Gasteiger charge is -2.25. The van der Waals surface area contributed by atoms with Gasteiger partial charge in [-0.1, -0.05) is 16.6 Å². The predicted octanol–water partition coefficient (Wildman–Crippen LogP) is 1.83. The van der Waals surface area contributed by atoms with Crippen LogP contribution in [0.2, 0.25) is 0 Å². The smallest absolute Gasteiger partial charge is 0.267 e. The fourth-order valence-electron chi connectivity index (χ4n) is 2.26. The van der Waals surface area contributed by atoms with Gasteiger partial charge in [0.05, 0.1) is 23.6 Å². The molecule has 118 valence electrons. The molecule has 0 aliphatic rings. The molecule has 0 saturated carbocycles. The molecule has 0 bridgehead atoms. The fourth-order valence-corrected chi connectivity index (χ4v) is 2.73. The lowest BCUT2D eigenvalue weighted by atomic mass is 10.2. The number of aromatic nitrogens is 4. The van der Waals surface area contributed by atoms with Crippen molar-refractivity contribution in [2.75, 3.05) is 0 Å². The molecule has 0 spiro atoms. The van der Waals surface area contributed by atoms with Crippen LogP contribution in [0.5, 0.6) is 0 Å². The van der Waals surface area contributed by atoms with Crippen LogP contribution in [0.4, 0.5) is 0 Å². The highest BCUT2D eigenvalue weighted by molar-refractivity contribution is 7.07. The van der Waals surface area contributed by atoms with Crippen LogP contribution in [0.25, 0.3) is 10.9 Å². The number of nitrogens with zero attached hydrogens (tertiary/aromatic N) is 4. The molecule has 1 N–H and O–H groups in total. The van der Waals surface area contributed by atoms with Crippen LogP contribution in [0.3, 0.4) is 0 Å². The Labute approximate surface area is 136 Å². The maximum atomic E-state index is 12.5. The van der Waals surface area contributed by atoms with E-state index in [1.807, 2.05) is 19.9 Å². The van der Waals surface area contributed by atoms with Crippen molar-refractivity contribution in [3.63, 3.8) is 0 Å². The number of amides is 1. The minimum absolute atomic E-state index is 0.0543. The predicted molar refractivity (Wildman–Crippen MR) is 87.3 cm³/mol. The van der Waals surface area contributed by atoms with E-state index >= 15 is 0 Å². The average Bonchev–Trinajstić information content (AvgIpc) is 3.06.